The smallest absolute Gasteiger partial charge is 0.230 e. The Morgan fingerprint density at radius 2 is 2.17 bits per heavy atom. The zero-order valence-electron chi connectivity index (χ0n) is 13.4. The highest BCUT2D eigenvalue weighted by atomic mass is 32.2. The third-order valence-electron chi connectivity index (χ3n) is 4.01. The van der Waals surface area contributed by atoms with E-state index in [1.807, 2.05) is 0 Å². The SMILES string of the molecule is CCCCNC(=O)CSc1nc(N)c2c3c(sc2n1)CCCC3. The van der Waals surface area contributed by atoms with Crippen molar-refractivity contribution in [2.75, 3.05) is 18.0 Å². The van der Waals surface area contributed by atoms with Gasteiger partial charge in [-0.3, -0.25) is 4.79 Å². The normalized spacial score (nSPS) is 14.0. The van der Waals surface area contributed by atoms with Gasteiger partial charge in [0.1, 0.15) is 10.6 Å². The number of aryl methyl sites for hydroxylation is 2. The number of anilines is 1. The lowest BCUT2D eigenvalue weighted by molar-refractivity contribution is -0.118. The number of carbonyl (C=O) groups excluding carboxylic acids is 1. The molecule has 0 radical (unpaired) electrons. The lowest BCUT2D eigenvalue weighted by atomic mass is 9.97. The molecule has 0 unspecified atom stereocenters. The molecule has 0 aliphatic heterocycles. The van der Waals surface area contributed by atoms with Crippen molar-refractivity contribution in [2.24, 2.45) is 0 Å². The number of nitrogens with two attached hydrogens (primary N) is 1. The second kappa shape index (κ2) is 7.49. The van der Waals surface area contributed by atoms with Gasteiger partial charge in [-0.2, -0.15) is 0 Å². The van der Waals surface area contributed by atoms with E-state index in [-0.39, 0.29) is 5.91 Å². The summed E-state index contributed by atoms with van der Waals surface area (Å²) in [7, 11) is 0. The zero-order valence-corrected chi connectivity index (χ0v) is 15.0. The second-order valence-electron chi connectivity index (χ2n) is 5.77. The Bertz CT molecular complexity index is 714. The first-order valence-corrected chi connectivity index (χ1v) is 9.96. The standard InChI is InChI=1S/C16H22N4OS2/c1-2-3-8-18-12(21)9-22-16-19-14(17)13-10-6-4-5-7-11(10)23-15(13)20-16/h2-9H2,1H3,(H,18,21)(H2,17,19,20). The number of hydrogen-bond donors (Lipinski definition) is 2. The summed E-state index contributed by atoms with van der Waals surface area (Å²) in [5.74, 6) is 0.916. The van der Waals surface area contributed by atoms with Crippen LogP contribution in [-0.4, -0.2) is 28.2 Å². The lowest BCUT2D eigenvalue weighted by Gasteiger charge is -2.10. The molecule has 0 bridgehead atoms. The zero-order chi connectivity index (χ0) is 16.2. The van der Waals surface area contributed by atoms with E-state index in [0.717, 1.165) is 42.4 Å². The van der Waals surface area contributed by atoms with Gasteiger partial charge < -0.3 is 11.1 Å². The maximum atomic E-state index is 11.8. The second-order valence-corrected chi connectivity index (χ2v) is 7.80. The number of aromatic nitrogens is 2. The maximum absolute atomic E-state index is 11.8. The summed E-state index contributed by atoms with van der Waals surface area (Å²) in [6, 6.07) is 0. The van der Waals surface area contributed by atoms with Crippen LogP contribution in [0.4, 0.5) is 5.82 Å². The van der Waals surface area contributed by atoms with Crippen LogP contribution in [0.25, 0.3) is 10.2 Å². The number of fused-ring (bicyclic) bond motifs is 3. The first-order valence-electron chi connectivity index (χ1n) is 8.16. The molecule has 0 aromatic carbocycles. The van der Waals surface area contributed by atoms with Gasteiger partial charge in [0.25, 0.3) is 0 Å². The number of nitrogens with zero attached hydrogens (tertiary/aromatic N) is 2. The van der Waals surface area contributed by atoms with Gasteiger partial charge in [-0.1, -0.05) is 25.1 Å². The van der Waals surface area contributed by atoms with Crippen molar-refractivity contribution < 1.29 is 4.79 Å². The van der Waals surface area contributed by atoms with Crippen LogP contribution in [0.5, 0.6) is 0 Å². The molecule has 2 aromatic rings. The van der Waals surface area contributed by atoms with Crippen LogP contribution in [0.2, 0.25) is 0 Å². The van der Waals surface area contributed by atoms with Crippen molar-refractivity contribution in [1.29, 1.82) is 0 Å². The molecular formula is C16H22N4OS2. The lowest BCUT2D eigenvalue weighted by Crippen LogP contribution is -2.26. The van der Waals surface area contributed by atoms with Gasteiger partial charge in [0.05, 0.1) is 11.1 Å². The van der Waals surface area contributed by atoms with Crippen molar-refractivity contribution in [3.8, 4) is 0 Å². The summed E-state index contributed by atoms with van der Waals surface area (Å²) in [5.41, 5.74) is 7.52. The van der Waals surface area contributed by atoms with Crippen molar-refractivity contribution >= 4 is 45.0 Å². The van der Waals surface area contributed by atoms with Crippen LogP contribution in [0.3, 0.4) is 0 Å². The van der Waals surface area contributed by atoms with Gasteiger partial charge in [-0.05, 0) is 37.7 Å². The van der Waals surface area contributed by atoms with Crippen LogP contribution < -0.4 is 11.1 Å². The first kappa shape index (κ1) is 16.5. The summed E-state index contributed by atoms with van der Waals surface area (Å²) in [4.78, 5) is 23.2. The number of thioether (sulfide) groups is 1. The molecule has 1 aliphatic rings. The fourth-order valence-electron chi connectivity index (χ4n) is 2.82. The molecule has 2 aromatic heterocycles. The van der Waals surface area contributed by atoms with Crippen LogP contribution >= 0.6 is 23.1 Å². The summed E-state index contributed by atoms with van der Waals surface area (Å²) in [5, 5.41) is 4.54. The Balaban J connectivity index is 1.71. The van der Waals surface area contributed by atoms with E-state index in [9.17, 15) is 4.79 Å². The van der Waals surface area contributed by atoms with E-state index in [0.29, 0.717) is 16.7 Å². The van der Waals surface area contributed by atoms with E-state index in [2.05, 4.69) is 22.2 Å². The van der Waals surface area contributed by atoms with Crippen LogP contribution in [0.1, 0.15) is 43.0 Å². The number of rotatable bonds is 6. The molecule has 5 nitrogen and oxygen atoms in total. The molecule has 2 heterocycles. The van der Waals surface area contributed by atoms with E-state index < -0.39 is 0 Å². The highest BCUT2D eigenvalue weighted by molar-refractivity contribution is 7.99. The van der Waals surface area contributed by atoms with E-state index in [4.69, 9.17) is 5.73 Å². The van der Waals surface area contributed by atoms with Crippen LogP contribution in [0, 0.1) is 0 Å². The minimum Gasteiger partial charge on any atom is -0.383 e. The minimum absolute atomic E-state index is 0.0243. The maximum Gasteiger partial charge on any atom is 0.230 e. The molecule has 23 heavy (non-hydrogen) atoms. The molecule has 3 rings (SSSR count). The van der Waals surface area contributed by atoms with Gasteiger partial charge in [-0.15, -0.1) is 11.3 Å². The summed E-state index contributed by atoms with van der Waals surface area (Å²) in [6.45, 7) is 2.84. The van der Waals surface area contributed by atoms with E-state index in [1.54, 1.807) is 11.3 Å². The van der Waals surface area contributed by atoms with Gasteiger partial charge >= 0.3 is 0 Å². The Morgan fingerprint density at radius 3 is 3.00 bits per heavy atom. The highest BCUT2D eigenvalue weighted by Crippen LogP contribution is 2.38. The fraction of sp³-hybridized carbons (Fsp3) is 0.562. The highest BCUT2D eigenvalue weighted by Gasteiger charge is 2.20. The van der Waals surface area contributed by atoms with Crippen molar-refractivity contribution in [1.82, 2.24) is 15.3 Å². The molecular weight excluding hydrogens is 328 g/mol. The summed E-state index contributed by atoms with van der Waals surface area (Å²) in [6.07, 6.45) is 6.74. The first-order chi connectivity index (χ1) is 11.2. The third-order valence-corrected chi connectivity index (χ3v) is 6.04. The van der Waals surface area contributed by atoms with Gasteiger partial charge in [0.15, 0.2) is 5.16 Å². The quantitative estimate of drug-likeness (QED) is 0.475. The van der Waals surface area contributed by atoms with Gasteiger partial charge in [0, 0.05) is 11.4 Å². The average molecular weight is 351 g/mol. The molecule has 1 aliphatic carbocycles. The molecule has 0 fully saturated rings. The van der Waals surface area contributed by atoms with E-state index >= 15 is 0 Å². The predicted molar refractivity (Wildman–Crippen MR) is 97.1 cm³/mol. The molecule has 124 valence electrons. The number of nitrogen functional groups attached to an aromatic ring is 1. The molecule has 0 saturated heterocycles. The average Bonchev–Trinajstić information content (AvgIpc) is 2.92. The van der Waals surface area contributed by atoms with Crippen LogP contribution in [-0.2, 0) is 17.6 Å². The summed E-state index contributed by atoms with van der Waals surface area (Å²) >= 11 is 3.09. The van der Waals surface area contributed by atoms with Crippen molar-refractivity contribution in [3.63, 3.8) is 0 Å². The molecule has 0 saturated carbocycles. The molecule has 7 heteroatoms. The largest absolute Gasteiger partial charge is 0.383 e. The third kappa shape index (κ3) is 3.77. The fourth-order valence-corrected chi connectivity index (χ4v) is 4.82. The van der Waals surface area contributed by atoms with Gasteiger partial charge in [-0.25, -0.2) is 9.97 Å². The Kier molecular flexibility index (Phi) is 5.38. The number of hydrogen-bond acceptors (Lipinski definition) is 6. The number of nitrogens with one attached hydrogen (secondary N) is 1. The number of carbonyl (C=O) groups is 1. The Hall–Kier alpha value is -1.34. The summed E-state index contributed by atoms with van der Waals surface area (Å²) < 4.78 is 0. The predicted octanol–water partition coefficient (Wildman–Crippen LogP) is 3.16. The number of amides is 1. The molecule has 3 N–H and O–H groups in total. The van der Waals surface area contributed by atoms with Crippen molar-refractivity contribution in [2.45, 2.75) is 50.6 Å². The molecule has 1 amide bonds. The van der Waals surface area contributed by atoms with Crippen LogP contribution in [0.15, 0.2) is 5.16 Å². The van der Waals surface area contributed by atoms with Gasteiger partial charge in [0.2, 0.25) is 5.91 Å². The van der Waals surface area contributed by atoms with E-state index in [1.165, 1.54) is 35.0 Å². The molecule has 0 spiro atoms. The number of unbranched alkanes of at least 4 members (excludes halogenated alkanes) is 1. The Labute approximate surface area is 144 Å². The molecule has 0 atom stereocenters. The topological polar surface area (TPSA) is 80.9 Å². The Morgan fingerprint density at radius 1 is 1.35 bits per heavy atom. The van der Waals surface area contributed by atoms with Crippen molar-refractivity contribution in [3.05, 3.63) is 10.4 Å². The minimum atomic E-state index is 0.0243. The monoisotopic (exact) mass is 350 g/mol. The number of thiophene rings is 1.